The van der Waals surface area contributed by atoms with Crippen molar-refractivity contribution in [2.45, 2.75) is 51.2 Å². The number of rotatable bonds is 8. The first-order valence-electron chi connectivity index (χ1n) is 7.33. The molecule has 0 saturated heterocycles. The molecular weight excluding hydrogens is 302 g/mol. The molecule has 2 nitrogen and oxygen atoms in total. The van der Waals surface area contributed by atoms with Crippen LogP contribution in [0.5, 0.6) is 0 Å². The molecule has 0 atom stereocenters. The van der Waals surface area contributed by atoms with Gasteiger partial charge < -0.3 is 10.1 Å². The lowest BCUT2D eigenvalue weighted by Crippen LogP contribution is -2.42. The largest absolute Gasteiger partial charge is 0.370 e. The minimum absolute atomic E-state index is 0.147. The summed E-state index contributed by atoms with van der Waals surface area (Å²) in [5.74, 6) is 0. The lowest BCUT2D eigenvalue weighted by Gasteiger charge is -2.42. The van der Waals surface area contributed by atoms with Crippen LogP contribution in [0, 0.1) is 0 Å². The lowest BCUT2D eigenvalue weighted by molar-refractivity contribution is -0.113. The van der Waals surface area contributed by atoms with Crippen LogP contribution in [0.1, 0.15) is 44.6 Å². The summed E-state index contributed by atoms with van der Waals surface area (Å²) in [5, 5.41) is 3.48. The molecule has 19 heavy (non-hydrogen) atoms. The van der Waals surface area contributed by atoms with Crippen molar-refractivity contribution in [1.29, 1.82) is 0 Å². The highest BCUT2D eigenvalue weighted by Gasteiger charge is 2.37. The maximum Gasteiger partial charge on any atom is 0.0724 e. The van der Waals surface area contributed by atoms with Crippen molar-refractivity contribution in [2.75, 3.05) is 13.1 Å². The van der Waals surface area contributed by atoms with Gasteiger partial charge in [0.25, 0.3) is 0 Å². The van der Waals surface area contributed by atoms with Gasteiger partial charge in [0.05, 0.1) is 12.2 Å². The number of nitrogens with one attached hydrogen (secondary N) is 1. The number of halogens is 1. The molecule has 106 valence electrons. The van der Waals surface area contributed by atoms with Gasteiger partial charge in [-0.15, -0.1) is 0 Å². The molecule has 0 aromatic heterocycles. The summed E-state index contributed by atoms with van der Waals surface area (Å²) in [6.45, 7) is 5.13. The third-order valence-corrected chi connectivity index (χ3v) is 4.44. The zero-order valence-electron chi connectivity index (χ0n) is 11.8. The van der Waals surface area contributed by atoms with Gasteiger partial charge in [-0.2, -0.15) is 0 Å². The Kier molecular flexibility index (Phi) is 5.86. The van der Waals surface area contributed by atoms with Crippen LogP contribution < -0.4 is 5.32 Å². The fourth-order valence-electron chi connectivity index (χ4n) is 2.47. The quantitative estimate of drug-likeness (QED) is 0.720. The van der Waals surface area contributed by atoms with Gasteiger partial charge in [0.1, 0.15) is 0 Å². The van der Waals surface area contributed by atoms with Crippen LogP contribution in [-0.2, 0) is 11.3 Å². The van der Waals surface area contributed by atoms with Crippen LogP contribution in [0.3, 0.4) is 0 Å². The van der Waals surface area contributed by atoms with Crippen molar-refractivity contribution in [3.63, 3.8) is 0 Å². The van der Waals surface area contributed by atoms with E-state index in [9.17, 15) is 0 Å². The minimum atomic E-state index is 0.147. The molecule has 1 N–H and O–H groups in total. The smallest absolute Gasteiger partial charge is 0.0724 e. The Morgan fingerprint density at radius 2 is 1.95 bits per heavy atom. The van der Waals surface area contributed by atoms with E-state index in [1.807, 2.05) is 0 Å². The van der Waals surface area contributed by atoms with Crippen LogP contribution in [-0.4, -0.2) is 18.7 Å². The molecule has 0 unspecified atom stereocenters. The standard InChI is InChI=1S/C16H24BrNO/c1-2-11-18-12-10-16(8-3-9-16)19-13-14-4-6-15(17)7-5-14/h4-7,18H,2-3,8-13H2,1H3. The van der Waals surface area contributed by atoms with E-state index in [2.05, 4.69) is 52.4 Å². The molecule has 0 heterocycles. The molecule has 0 aliphatic heterocycles. The zero-order valence-corrected chi connectivity index (χ0v) is 13.3. The summed E-state index contributed by atoms with van der Waals surface area (Å²) in [7, 11) is 0. The van der Waals surface area contributed by atoms with Crippen LogP contribution in [0.25, 0.3) is 0 Å². The van der Waals surface area contributed by atoms with Gasteiger partial charge in [-0.05, 0) is 62.9 Å². The Labute approximate surface area is 125 Å². The van der Waals surface area contributed by atoms with Gasteiger partial charge in [0.15, 0.2) is 0 Å². The predicted octanol–water partition coefficient (Wildman–Crippen LogP) is 4.28. The van der Waals surface area contributed by atoms with E-state index in [4.69, 9.17) is 4.74 Å². The molecule has 0 spiro atoms. The molecule has 1 aliphatic carbocycles. The van der Waals surface area contributed by atoms with E-state index in [0.717, 1.165) is 30.6 Å². The van der Waals surface area contributed by atoms with Crippen molar-refractivity contribution >= 4 is 15.9 Å². The number of ether oxygens (including phenoxy) is 1. The maximum atomic E-state index is 6.22. The SMILES string of the molecule is CCCNCCC1(OCc2ccc(Br)cc2)CCC1. The molecule has 0 bridgehead atoms. The zero-order chi connectivity index (χ0) is 13.6. The first kappa shape index (κ1) is 15.0. The Bertz CT molecular complexity index is 373. The molecule has 3 heteroatoms. The highest BCUT2D eigenvalue weighted by Crippen LogP contribution is 2.39. The highest BCUT2D eigenvalue weighted by molar-refractivity contribution is 9.10. The van der Waals surface area contributed by atoms with E-state index < -0.39 is 0 Å². The Balaban J connectivity index is 1.76. The summed E-state index contributed by atoms with van der Waals surface area (Å²) in [4.78, 5) is 0. The average molecular weight is 326 g/mol. The monoisotopic (exact) mass is 325 g/mol. The van der Waals surface area contributed by atoms with Gasteiger partial charge in [-0.3, -0.25) is 0 Å². The first-order chi connectivity index (χ1) is 9.24. The predicted molar refractivity (Wildman–Crippen MR) is 83.3 cm³/mol. The van der Waals surface area contributed by atoms with Gasteiger partial charge in [-0.1, -0.05) is 35.0 Å². The summed E-state index contributed by atoms with van der Waals surface area (Å²) < 4.78 is 7.34. The number of hydrogen-bond donors (Lipinski definition) is 1. The third-order valence-electron chi connectivity index (χ3n) is 3.91. The third kappa shape index (κ3) is 4.59. The topological polar surface area (TPSA) is 21.3 Å². The fraction of sp³-hybridized carbons (Fsp3) is 0.625. The van der Waals surface area contributed by atoms with Crippen molar-refractivity contribution in [1.82, 2.24) is 5.32 Å². The molecule has 1 aromatic rings. The summed E-state index contributed by atoms with van der Waals surface area (Å²) in [6.07, 6.45) is 6.10. The van der Waals surface area contributed by atoms with Crippen molar-refractivity contribution in [3.8, 4) is 0 Å². The summed E-state index contributed by atoms with van der Waals surface area (Å²) in [6, 6.07) is 8.42. The van der Waals surface area contributed by atoms with Crippen molar-refractivity contribution < 1.29 is 4.74 Å². The van der Waals surface area contributed by atoms with E-state index >= 15 is 0 Å². The van der Waals surface area contributed by atoms with Gasteiger partial charge in [-0.25, -0.2) is 0 Å². The van der Waals surface area contributed by atoms with Crippen LogP contribution in [0.4, 0.5) is 0 Å². The van der Waals surface area contributed by atoms with Crippen LogP contribution >= 0.6 is 15.9 Å². The van der Waals surface area contributed by atoms with Crippen molar-refractivity contribution in [2.24, 2.45) is 0 Å². The lowest BCUT2D eigenvalue weighted by atomic mass is 9.77. The summed E-state index contributed by atoms with van der Waals surface area (Å²) >= 11 is 3.46. The fourth-order valence-corrected chi connectivity index (χ4v) is 2.74. The molecule has 0 radical (unpaired) electrons. The van der Waals surface area contributed by atoms with Gasteiger partial charge >= 0.3 is 0 Å². The van der Waals surface area contributed by atoms with E-state index in [-0.39, 0.29) is 5.60 Å². The number of hydrogen-bond acceptors (Lipinski definition) is 2. The molecular formula is C16H24BrNO. The Morgan fingerprint density at radius 1 is 1.21 bits per heavy atom. The van der Waals surface area contributed by atoms with Crippen LogP contribution in [0.15, 0.2) is 28.7 Å². The molecule has 2 rings (SSSR count). The van der Waals surface area contributed by atoms with Crippen molar-refractivity contribution in [3.05, 3.63) is 34.3 Å². The van der Waals surface area contributed by atoms with E-state index in [1.54, 1.807) is 0 Å². The first-order valence-corrected chi connectivity index (χ1v) is 8.12. The summed E-state index contributed by atoms with van der Waals surface area (Å²) in [5.41, 5.74) is 1.41. The Morgan fingerprint density at radius 3 is 2.53 bits per heavy atom. The maximum absolute atomic E-state index is 6.22. The molecule has 0 amide bonds. The average Bonchev–Trinajstić information content (AvgIpc) is 2.38. The molecule has 1 fully saturated rings. The Hall–Kier alpha value is -0.380. The van der Waals surface area contributed by atoms with Gasteiger partial charge in [0.2, 0.25) is 0 Å². The second-order valence-electron chi connectivity index (χ2n) is 5.45. The normalized spacial score (nSPS) is 17.2. The minimum Gasteiger partial charge on any atom is -0.370 e. The molecule has 1 saturated carbocycles. The second-order valence-corrected chi connectivity index (χ2v) is 6.37. The molecule has 1 aromatic carbocycles. The van der Waals surface area contributed by atoms with Crippen LogP contribution in [0.2, 0.25) is 0 Å². The van der Waals surface area contributed by atoms with Gasteiger partial charge in [0, 0.05) is 4.47 Å². The number of benzene rings is 1. The highest BCUT2D eigenvalue weighted by atomic mass is 79.9. The van der Waals surface area contributed by atoms with E-state index in [0.29, 0.717) is 0 Å². The molecule has 1 aliphatic rings. The second kappa shape index (κ2) is 7.41. The van der Waals surface area contributed by atoms with E-state index in [1.165, 1.54) is 31.2 Å².